The normalized spacial score (nSPS) is 12.7. The van der Waals surface area contributed by atoms with Crippen LogP contribution in [0.5, 0.6) is 0 Å². The first-order chi connectivity index (χ1) is 7.13. The summed E-state index contributed by atoms with van der Waals surface area (Å²) in [5.74, 6) is -0.150. The van der Waals surface area contributed by atoms with Crippen LogP contribution in [0, 0.1) is 2.88 Å². The minimum absolute atomic E-state index is 0.291. The largest absolute Gasteiger partial charge is 0.481 e. The van der Waals surface area contributed by atoms with Gasteiger partial charge >= 0.3 is 5.97 Å². The zero-order valence-corrected chi connectivity index (χ0v) is 11.7. The van der Waals surface area contributed by atoms with Gasteiger partial charge in [0, 0.05) is 11.3 Å². The molecule has 1 aromatic heterocycles. The number of carboxylic acids is 1. The maximum Gasteiger partial charge on any atom is 0.303 e. The first kappa shape index (κ1) is 13.0. The van der Waals surface area contributed by atoms with E-state index >= 15 is 0 Å². The Labute approximate surface area is 108 Å². The lowest BCUT2D eigenvalue weighted by atomic mass is 9.98. The summed E-state index contributed by atoms with van der Waals surface area (Å²) in [7, 11) is 0. The van der Waals surface area contributed by atoms with Gasteiger partial charge in [0.1, 0.15) is 0 Å². The van der Waals surface area contributed by atoms with Gasteiger partial charge in [-0.2, -0.15) is 0 Å². The van der Waals surface area contributed by atoms with Gasteiger partial charge in [-0.05, 0) is 59.9 Å². The Hall–Kier alpha value is -0.100. The molecule has 2 nitrogen and oxygen atoms in total. The molecular formula is C11H15IO2S. The summed E-state index contributed by atoms with van der Waals surface area (Å²) in [5.41, 5.74) is 0. The van der Waals surface area contributed by atoms with Crippen LogP contribution in [0.3, 0.4) is 0 Å². The van der Waals surface area contributed by atoms with Crippen molar-refractivity contribution in [3.63, 3.8) is 0 Å². The maximum absolute atomic E-state index is 10.4. The molecule has 4 heteroatoms. The number of aliphatic carboxylic acids is 1. The third kappa shape index (κ3) is 4.51. The Kier molecular flexibility index (Phi) is 5.60. The highest BCUT2D eigenvalue weighted by Crippen LogP contribution is 2.31. The standard InChI is InChI=1S/C11H15IO2S/c1-2-8(4-3-5-11(13)14)9-6-7-10(12)15-9/h6-8H,2-5H2,1H3,(H,13,14). The van der Waals surface area contributed by atoms with E-state index in [1.807, 2.05) is 11.3 Å². The Morgan fingerprint density at radius 2 is 2.33 bits per heavy atom. The van der Waals surface area contributed by atoms with Crippen LogP contribution in [0.4, 0.5) is 0 Å². The lowest BCUT2D eigenvalue weighted by Gasteiger charge is -2.11. The first-order valence-electron chi connectivity index (χ1n) is 5.10. The Bertz CT molecular complexity index is 322. The summed E-state index contributed by atoms with van der Waals surface area (Å²) >= 11 is 4.14. The van der Waals surface area contributed by atoms with Crippen LogP contribution in [0.2, 0.25) is 0 Å². The molecule has 1 unspecified atom stereocenters. The third-order valence-electron chi connectivity index (χ3n) is 2.43. The lowest BCUT2D eigenvalue weighted by molar-refractivity contribution is -0.137. The number of hydrogen-bond acceptors (Lipinski definition) is 2. The van der Waals surface area contributed by atoms with Gasteiger partial charge in [-0.1, -0.05) is 6.92 Å². The molecule has 0 saturated carbocycles. The number of thiophene rings is 1. The van der Waals surface area contributed by atoms with Crippen molar-refractivity contribution in [2.75, 3.05) is 0 Å². The lowest BCUT2D eigenvalue weighted by Crippen LogP contribution is -1.99. The van der Waals surface area contributed by atoms with Gasteiger partial charge in [0.25, 0.3) is 0 Å². The van der Waals surface area contributed by atoms with Crippen LogP contribution in [0.25, 0.3) is 0 Å². The van der Waals surface area contributed by atoms with E-state index in [-0.39, 0.29) is 0 Å². The molecular weight excluding hydrogens is 323 g/mol. The van der Waals surface area contributed by atoms with Crippen LogP contribution in [-0.4, -0.2) is 11.1 Å². The van der Waals surface area contributed by atoms with Gasteiger partial charge < -0.3 is 5.11 Å². The van der Waals surface area contributed by atoms with E-state index < -0.39 is 5.97 Å². The summed E-state index contributed by atoms with van der Waals surface area (Å²) in [6.45, 7) is 2.16. The van der Waals surface area contributed by atoms with Crippen LogP contribution in [-0.2, 0) is 4.79 Å². The summed E-state index contributed by atoms with van der Waals surface area (Å²) in [5, 5.41) is 8.58. The van der Waals surface area contributed by atoms with E-state index in [0.29, 0.717) is 12.3 Å². The molecule has 84 valence electrons. The minimum atomic E-state index is -0.689. The average molecular weight is 338 g/mol. The summed E-state index contributed by atoms with van der Waals surface area (Å²) in [6, 6.07) is 4.29. The van der Waals surface area contributed by atoms with E-state index in [0.717, 1.165) is 19.3 Å². The Morgan fingerprint density at radius 3 is 2.80 bits per heavy atom. The Balaban J connectivity index is 2.45. The van der Waals surface area contributed by atoms with Crippen molar-refractivity contribution in [3.05, 3.63) is 19.9 Å². The molecule has 1 atom stereocenters. The maximum atomic E-state index is 10.4. The molecule has 0 saturated heterocycles. The van der Waals surface area contributed by atoms with Gasteiger partial charge in [-0.15, -0.1) is 11.3 Å². The third-order valence-corrected chi connectivity index (χ3v) is 4.49. The number of carboxylic acid groups (broad SMARTS) is 1. The van der Waals surface area contributed by atoms with Gasteiger partial charge in [0.15, 0.2) is 0 Å². The number of hydrogen-bond donors (Lipinski definition) is 1. The monoisotopic (exact) mass is 338 g/mol. The molecule has 0 amide bonds. The number of carbonyl (C=O) groups is 1. The summed E-state index contributed by atoms with van der Waals surface area (Å²) < 4.78 is 1.30. The highest BCUT2D eigenvalue weighted by Gasteiger charge is 2.12. The van der Waals surface area contributed by atoms with Crippen molar-refractivity contribution in [2.45, 2.75) is 38.5 Å². The number of halogens is 1. The van der Waals surface area contributed by atoms with Crippen molar-refractivity contribution < 1.29 is 9.90 Å². The first-order valence-corrected chi connectivity index (χ1v) is 7.00. The molecule has 0 aromatic carbocycles. The molecule has 1 rings (SSSR count). The summed E-state index contributed by atoms with van der Waals surface area (Å²) in [4.78, 5) is 11.8. The smallest absolute Gasteiger partial charge is 0.303 e. The minimum Gasteiger partial charge on any atom is -0.481 e. The molecule has 15 heavy (non-hydrogen) atoms. The van der Waals surface area contributed by atoms with E-state index in [1.165, 1.54) is 7.76 Å². The average Bonchev–Trinajstić information content (AvgIpc) is 2.59. The quantitative estimate of drug-likeness (QED) is 0.793. The van der Waals surface area contributed by atoms with Crippen molar-refractivity contribution >= 4 is 39.9 Å². The topological polar surface area (TPSA) is 37.3 Å². The second kappa shape index (κ2) is 6.48. The SMILES string of the molecule is CCC(CCCC(=O)O)c1ccc(I)s1. The van der Waals surface area contributed by atoms with E-state index in [2.05, 4.69) is 41.6 Å². The molecule has 0 aliphatic rings. The van der Waals surface area contributed by atoms with Gasteiger partial charge in [-0.3, -0.25) is 4.79 Å². The molecule has 1 N–H and O–H groups in total. The van der Waals surface area contributed by atoms with E-state index in [4.69, 9.17) is 5.11 Å². The van der Waals surface area contributed by atoms with Gasteiger partial charge in [-0.25, -0.2) is 0 Å². The van der Waals surface area contributed by atoms with Crippen molar-refractivity contribution in [3.8, 4) is 0 Å². The van der Waals surface area contributed by atoms with Crippen molar-refractivity contribution in [2.24, 2.45) is 0 Å². The predicted molar refractivity (Wildman–Crippen MR) is 71.6 cm³/mol. The fourth-order valence-electron chi connectivity index (χ4n) is 1.59. The second-order valence-electron chi connectivity index (χ2n) is 3.53. The van der Waals surface area contributed by atoms with Crippen LogP contribution >= 0.6 is 33.9 Å². The molecule has 0 spiro atoms. The van der Waals surface area contributed by atoms with Crippen LogP contribution in [0.1, 0.15) is 43.4 Å². The molecule has 0 fully saturated rings. The highest BCUT2D eigenvalue weighted by molar-refractivity contribution is 14.1. The molecule has 1 heterocycles. The Morgan fingerprint density at radius 1 is 1.60 bits per heavy atom. The zero-order chi connectivity index (χ0) is 11.3. The zero-order valence-electron chi connectivity index (χ0n) is 8.70. The van der Waals surface area contributed by atoms with Gasteiger partial charge in [0.2, 0.25) is 0 Å². The second-order valence-corrected chi connectivity index (χ2v) is 6.54. The van der Waals surface area contributed by atoms with E-state index in [1.54, 1.807) is 0 Å². The highest BCUT2D eigenvalue weighted by atomic mass is 127. The van der Waals surface area contributed by atoms with Crippen LogP contribution < -0.4 is 0 Å². The van der Waals surface area contributed by atoms with E-state index in [9.17, 15) is 4.79 Å². The van der Waals surface area contributed by atoms with Crippen LogP contribution in [0.15, 0.2) is 12.1 Å². The number of rotatable bonds is 6. The molecule has 0 bridgehead atoms. The summed E-state index contributed by atoms with van der Waals surface area (Å²) in [6.07, 6.45) is 3.15. The van der Waals surface area contributed by atoms with Crippen molar-refractivity contribution in [1.82, 2.24) is 0 Å². The van der Waals surface area contributed by atoms with Gasteiger partial charge in [0.05, 0.1) is 2.88 Å². The fraction of sp³-hybridized carbons (Fsp3) is 0.545. The van der Waals surface area contributed by atoms with Crippen molar-refractivity contribution in [1.29, 1.82) is 0 Å². The molecule has 1 aromatic rings. The molecule has 0 aliphatic carbocycles. The molecule has 0 radical (unpaired) electrons. The molecule has 0 aliphatic heterocycles. The predicted octanol–water partition coefficient (Wildman–Crippen LogP) is 4.10. The fourth-order valence-corrected chi connectivity index (χ4v) is 3.49.